The quantitative estimate of drug-likeness (QED) is 0.365. The van der Waals surface area contributed by atoms with E-state index in [9.17, 15) is 8.42 Å². The Morgan fingerprint density at radius 3 is 2.45 bits per heavy atom. The molecular weight excluding hydrogens is 454 g/mol. The molecule has 5 aromatic rings. The van der Waals surface area contributed by atoms with Gasteiger partial charge in [0.2, 0.25) is 0 Å². The molecule has 5 rings (SSSR count). The van der Waals surface area contributed by atoms with E-state index in [1.54, 1.807) is 31.3 Å². The lowest BCUT2D eigenvalue weighted by molar-refractivity contribution is 0.588. The molecule has 0 atom stereocenters. The monoisotopic (exact) mass is 477 g/mol. The van der Waals surface area contributed by atoms with Crippen LogP contribution in [0.5, 0.6) is 0 Å². The summed E-state index contributed by atoms with van der Waals surface area (Å²) in [5.41, 5.74) is 10.1. The number of aromatic amines is 1. The van der Waals surface area contributed by atoms with E-state index in [2.05, 4.69) is 9.97 Å². The number of benzene rings is 2. The molecule has 3 N–H and O–H groups in total. The summed E-state index contributed by atoms with van der Waals surface area (Å²) in [5.74, 6) is 0.992. The third kappa shape index (κ3) is 3.53. The molecule has 0 saturated heterocycles. The van der Waals surface area contributed by atoms with Crippen molar-refractivity contribution in [3.05, 3.63) is 60.0 Å². The Hall–Kier alpha value is -3.43. The van der Waals surface area contributed by atoms with Gasteiger partial charge in [-0.2, -0.15) is 0 Å². The van der Waals surface area contributed by atoms with Gasteiger partial charge in [0.15, 0.2) is 21.6 Å². The number of hydrogen-bond acceptors (Lipinski definition) is 6. The summed E-state index contributed by atoms with van der Waals surface area (Å²) in [7, 11) is -1.66. The van der Waals surface area contributed by atoms with Crippen LogP contribution < -0.4 is 5.73 Å². The van der Waals surface area contributed by atoms with Gasteiger partial charge in [0.25, 0.3) is 0 Å². The molecule has 0 aliphatic rings. The van der Waals surface area contributed by atoms with E-state index in [1.807, 2.05) is 65.5 Å². The molecule has 9 heteroatoms. The van der Waals surface area contributed by atoms with Crippen LogP contribution in [0.1, 0.15) is 13.8 Å². The Morgan fingerprint density at radius 2 is 1.79 bits per heavy atom. The van der Waals surface area contributed by atoms with Crippen LogP contribution in [-0.4, -0.2) is 33.2 Å². The van der Waals surface area contributed by atoms with Gasteiger partial charge in [-0.1, -0.05) is 36.4 Å². The van der Waals surface area contributed by atoms with Gasteiger partial charge in [0, 0.05) is 18.2 Å². The maximum atomic E-state index is 13.3. The van der Waals surface area contributed by atoms with Crippen LogP contribution in [0.15, 0.2) is 64.9 Å². The molecule has 0 unspecified atom stereocenters. The van der Waals surface area contributed by atoms with E-state index >= 15 is 0 Å². The van der Waals surface area contributed by atoms with Crippen LogP contribution in [0.2, 0.25) is 0 Å². The SMILES string of the molecule is CC(C)S(=O)(=O)c1cc(-c2c(-c3ccccc3)nc(-c3cccs3)n2C)cc2[nH]c(N)nc12. The van der Waals surface area contributed by atoms with Gasteiger partial charge in [0.1, 0.15) is 5.52 Å². The zero-order valence-corrected chi connectivity index (χ0v) is 20.0. The first kappa shape index (κ1) is 21.4. The standard InChI is InChI=1S/C24H23N5O2S2/c1-14(2)33(30,31)19-13-16(12-17-21(19)28-24(25)26-17)22-20(15-8-5-4-6-9-15)27-23(29(22)3)18-10-7-11-32-18/h4-14H,1-3H3,(H3,25,26,28). The molecule has 0 saturated carbocycles. The molecule has 7 nitrogen and oxygen atoms in total. The lowest BCUT2D eigenvalue weighted by Gasteiger charge is -2.13. The minimum Gasteiger partial charge on any atom is -0.369 e. The number of nitrogens with two attached hydrogens (primary N) is 1. The molecule has 33 heavy (non-hydrogen) atoms. The van der Waals surface area contributed by atoms with Crippen molar-refractivity contribution >= 4 is 38.2 Å². The smallest absolute Gasteiger partial charge is 0.198 e. The van der Waals surface area contributed by atoms with Crippen molar-refractivity contribution in [3.63, 3.8) is 0 Å². The molecule has 3 aromatic heterocycles. The number of fused-ring (bicyclic) bond motifs is 1. The van der Waals surface area contributed by atoms with Crippen LogP contribution in [0.4, 0.5) is 5.95 Å². The second-order valence-corrected chi connectivity index (χ2v) is 11.5. The first-order valence-corrected chi connectivity index (χ1v) is 12.9. The van der Waals surface area contributed by atoms with E-state index in [0.29, 0.717) is 11.0 Å². The predicted octanol–water partition coefficient (Wildman–Crippen LogP) is 5.12. The van der Waals surface area contributed by atoms with Crippen molar-refractivity contribution in [2.24, 2.45) is 7.05 Å². The van der Waals surface area contributed by atoms with E-state index in [-0.39, 0.29) is 10.8 Å². The van der Waals surface area contributed by atoms with Crippen molar-refractivity contribution in [3.8, 4) is 33.2 Å². The number of anilines is 1. The summed E-state index contributed by atoms with van der Waals surface area (Å²) in [5, 5.41) is 1.41. The maximum absolute atomic E-state index is 13.3. The number of sulfone groups is 1. The molecule has 2 aromatic carbocycles. The summed E-state index contributed by atoms with van der Waals surface area (Å²) in [4.78, 5) is 13.5. The molecule has 0 radical (unpaired) electrons. The molecule has 3 heterocycles. The molecular formula is C24H23N5O2S2. The number of nitrogens with zero attached hydrogens (tertiary/aromatic N) is 3. The van der Waals surface area contributed by atoms with Crippen LogP contribution in [0, 0.1) is 0 Å². The number of aromatic nitrogens is 4. The minimum absolute atomic E-state index is 0.163. The van der Waals surface area contributed by atoms with Crippen LogP contribution in [-0.2, 0) is 16.9 Å². The van der Waals surface area contributed by atoms with Crippen LogP contribution in [0.3, 0.4) is 0 Å². The Kier molecular flexibility index (Phi) is 5.10. The largest absolute Gasteiger partial charge is 0.369 e. The van der Waals surface area contributed by atoms with Gasteiger partial charge in [-0.05, 0) is 37.4 Å². The molecule has 0 amide bonds. The van der Waals surface area contributed by atoms with Crippen molar-refractivity contribution in [2.75, 3.05) is 5.73 Å². The van der Waals surface area contributed by atoms with Gasteiger partial charge in [-0.3, -0.25) is 0 Å². The van der Waals surface area contributed by atoms with Crippen molar-refractivity contribution in [1.82, 2.24) is 19.5 Å². The summed E-state index contributed by atoms with van der Waals surface area (Å²) in [6.45, 7) is 3.33. The van der Waals surface area contributed by atoms with Gasteiger partial charge in [-0.25, -0.2) is 18.4 Å². The lowest BCUT2D eigenvalue weighted by atomic mass is 10.0. The zero-order valence-electron chi connectivity index (χ0n) is 18.4. The highest BCUT2D eigenvalue weighted by atomic mass is 32.2. The van der Waals surface area contributed by atoms with E-state index in [0.717, 1.165) is 33.2 Å². The van der Waals surface area contributed by atoms with Gasteiger partial charge in [-0.15, -0.1) is 11.3 Å². The first-order valence-electron chi connectivity index (χ1n) is 10.5. The Labute approximate surface area is 195 Å². The summed E-state index contributed by atoms with van der Waals surface area (Å²) in [6.07, 6.45) is 0. The number of thiophene rings is 1. The van der Waals surface area contributed by atoms with Gasteiger partial charge < -0.3 is 15.3 Å². The maximum Gasteiger partial charge on any atom is 0.198 e. The van der Waals surface area contributed by atoms with Crippen molar-refractivity contribution < 1.29 is 8.42 Å². The van der Waals surface area contributed by atoms with E-state index in [4.69, 9.17) is 10.7 Å². The third-order valence-electron chi connectivity index (χ3n) is 5.65. The highest BCUT2D eigenvalue weighted by Crippen LogP contribution is 2.39. The number of imidazole rings is 2. The van der Waals surface area contributed by atoms with Crippen LogP contribution >= 0.6 is 11.3 Å². The minimum atomic E-state index is -3.61. The summed E-state index contributed by atoms with van der Waals surface area (Å²) in [6, 6.07) is 17.5. The second-order valence-electron chi connectivity index (χ2n) is 8.12. The predicted molar refractivity (Wildman–Crippen MR) is 134 cm³/mol. The number of nitrogens with one attached hydrogen (secondary N) is 1. The van der Waals surface area contributed by atoms with Crippen LogP contribution in [0.25, 0.3) is 44.2 Å². The fourth-order valence-electron chi connectivity index (χ4n) is 3.96. The molecule has 0 bridgehead atoms. The highest BCUT2D eigenvalue weighted by molar-refractivity contribution is 7.92. The van der Waals surface area contributed by atoms with E-state index < -0.39 is 15.1 Å². The highest BCUT2D eigenvalue weighted by Gasteiger charge is 2.27. The Balaban J connectivity index is 1.85. The van der Waals surface area contributed by atoms with Gasteiger partial charge >= 0.3 is 0 Å². The second kappa shape index (κ2) is 7.86. The number of H-pyrrole nitrogens is 1. The number of hydrogen-bond donors (Lipinski definition) is 2. The first-order chi connectivity index (χ1) is 15.8. The normalized spacial score (nSPS) is 12.1. The topological polar surface area (TPSA) is 107 Å². The molecule has 0 aliphatic carbocycles. The fourth-order valence-corrected chi connectivity index (χ4v) is 5.94. The number of nitrogen functional groups attached to an aromatic ring is 1. The Morgan fingerprint density at radius 1 is 1.03 bits per heavy atom. The third-order valence-corrected chi connectivity index (χ3v) is 8.69. The number of rotatable bonds is 5. The van der Waals surface area contributed by atoms with Gasteiger partial charge in [0.05, 0.1) is 31.9 Å². The van der Waals surface area contributed by atoms with Crippen molar-refractivity contribution in [1.29, 1.82) is 0 Å². The average molecular weight is 478 g/mol. The average Bonchev–Trinajstić information content (AvgIpc) is 3.51. The zero-order chi connectivity index (χ0) is 23.3. The molecule has 0 spiro atoms. The van der Waals surface area contributed by atoms with Crippen molar-refractivity contribution in [2.45, 2.75) is 24.0 Å². The molecule has 168 valence electrons. The summed E-state index contributed by atoms with van der Waals surface area (Å²) < 4.78 is 28.5. The summed E-state index contributed by atoms with van der Waals surface area (Å²) >= 11 is 1.61. The fraction of sp³-hybridized carbons (Fsp3) is 0.167. The Bertz CT molecular complexity index is 1560. The molecule has 0 fully saturated rings. The lowest BCUT2D eigenvalue weighted by Crippen LogP contribution is -2.14. The van der Waals surface area contributed by atoms with E-state index in [1.165, 1.54) is 0 Å². The molecule has 0 aliphatic heterocycles.